The maximum absolute atomic E-state index is 13.8. The number of carbonyl (C=O) groups excluding carboxylic acids is 3. The highest BCUT2D eigenvalue weighted by atomic mass is 16.5. The number of rotatable bonds is 8. The summed E-state index contributed by atoms with van der Waals surface area (Å²) in [6, 6.07) is 14.7. The highest BCUT2D eigenvalue weighted by Gasteiger charge is 2.44. The number of ether oxygens (including phenoxy) is 2. The van der Waals surface area contributed by atoms with E-state index >= 15 is 0 Å². The lowest BCUT2D eigenvalue weighted by Crippen LogP contribution is -2.46. The van der Waals surface area contributed by atoms with E-state index in [1.165, 1.54) is 20.6 Å². The molecule has 0 bridgehead atoms. The van der Waals surface area contributed by atoms with E-state index in [2.05, 4.69) is 19.1 Å². The van der Waals surface area contributed by atoms with Crippen LogP contribution in [-0.4, -0.2) is 49.4 Å². The Balaban J connectivity index is 1.58. The molecule has 0 aromatic heterocycles. The monoisotopic (exact) mass is 491 g/mol. The molecule has 2 atom stereocenters. The predicted molar refractivity (Wildman–Crippen MR) is 138 cm³/mol. The van der Waals surface area contributed by atoms with E-state index < -0.39 is 12.0 Å². The molecule has 1 saturated heterocycles. The Hall–Kier alpha value is -3.15. The minimum absolute atomic E-state index is 0.0112. The van der Waals surface area contributed by atoms with Crippen LogP contribution in [0.2, 0.25) is 0 Å². The van der Waals surface area contributed by atoms with Crippen molar-refractivity contribution in [3.8, 4) is 5.75 Å². The molecule has 0 unspecified atom stereocenters. The highest BCUT2D eigenvalue weighted by molar-refractivity contribution is 5.94. The van der Waals surface area contributed by atoms with E-state index in [4.69, 9.17) is 9.47 Å². The van der Waals surface area contributed by atoms with E-state index in [1.54, 1.807) is 18.2 Å². The fourth-order valence-electron chi connectivity index (χ4n) is 5.97. The van der Waals surface area contributed by atoms with Gasteiger partial charge in [0.05, 0.1) is 20.3 Å². The zero-order valence-corrected chi connectivity index (χ0v) is 21.6. The smallest absolute Gasteiger partial charge is 0.341 e. The van der Waals surface area contributed by atoms with E-state index in [0.29, 0.717) is 23.8 Å². The van der Waals surface area contributed by atoms with E-state index in [9.17, 15) is 14.4 Å². The molecule has 6 nitrogen and oxygen atoms in total. The molecule has 0 N–H and O–H groups in total. The number of amides is 1. The Kier molecular flexibility index (Phi) is 8.44. The third kappa shape index (κ3) is 5.48. The Morgan fingerprint density at radius 1 is 0.944 bits per heavy atom. The number of Topliss-reactive ketones (excluding diaryl/α,β-unsaturated/α-hetero) is 1. The van der Waals surface area contributed by atoms with Crippen molar-refractivity contribution in [1.29, 1.82) is 0 Å². The van der Waals surface area contributed by atoms with Crippen LogP contribution in [-0.2, 0) is 20.7 Å². The van der Waals surface area contributed by atoms with Gasteiger partial charge < -0.3 is 14.4 Å². The summed E-state index contributed by atoms with van der Waals surface area (Å²) in [4.78, 5) is 41.4. The summed E-state index contributed by atoms with van der Waals surface area (Å²) >= 11 is 0. The van der Waals surface area contributed by atoms with Crippen LogP contribution in [0.25, 0.3) is 0 Å². The molecule has 0 spiro atoms. The normalized spacial score (nSPS) is 23.8. The summed E-state index contributed by atoms with van der Waals surface area (Å²) in [5, 5.41) is 0. The Labute approximate surface area is 214 Å². The Morgan fingerprint density at radius 2 is 1.67 bits per heavy atom. The predicted octanol–water partition coefficient (Wildman–Crippen LogP) is 5.19. The van der Waals surface area contributed by atoms with Crippen LogP contribution in [0, 0.1) is 11.8 Å². The van der Waals surface area contributed by atoms with Gasteiger partial charge in [-0.05, 0) is 61.3 Å². The fourth-order valence-corrected chi connectivity index (χ4v) is 5.97. The zero-order chi connectivity index (χ0) is 25.7. The van der Waals surface area contributed by atoms with Crippen molar-refractivity contribution in [2.24, 2.45) is 11.8 Å². The van der Waals surface area contributed by atoms with Gasteiger partial charge in [-0.25, -0.2) is 4.79 Å². The van der Waals surface area contributed by atoms with E-state index in [-0.39, 0.29) is 29.9 Å². The van der Waals surface area contributed by atoms with Crippen LogP contribution in [0.5, 0.6) is 5.75 Å². The molecule has 2 aromatic carbocycles. The number of methoxy groups -OCH3 is 2. The summed E-state index contributed by atoms with van der Waals surface area (Å²) in [6.45, 7) is 2.83. The van der Waals surface area contributed by atoms with Gasteiger partial charge >= 0.3 is 5.97 Å². The molecule has 0 radical (unpaired) electrons. The first kappa shape index (κ1) is 25.9. The molecule has 2 aromatic rings. The Bertz CT molecular complexity index is 1070. The second-order valence-electron chi connectivity index (χ2n) is 10.1. The maximum atomic E-state index is 13.8. The van der Waals surface area contributed by atoms with Crippen molar-refractivity contribution in [2.45, 2.75) is 63.8 Å². The first-order valence-electron chi connectivity index (χ1n) is 13.1. The fraction of sp³-hybridized carbons (Fsp3) is 0.500. The molecule has 36 heavy (non-hydrogen) atoms. The minimum atomic E-state index is -0.491. The number of ketones is 1. The summed E-state index contributed by atoms with van der Waals surface area (Å²) in [5.41, 5.74) is 2.16. The average Bonchev–Trinajstić information content (AvgIpc) is 3.38. The molecule has 1 aliphatic carbocycles. The van der Waals surface area contributed by atoms with Crippen molar-refractivity contribution < 1.29 is 23.9 Å². The summed E-state index contributed by atoms with van der Waals surface area (Å²) in [7, 11) is 2.81. The lowest BCUT2D eigenvalue weighted by atomic mass is 9.80. The quantitative estimate of drug-likeness (QED) is 0.475. The average molecular weight is 492 g/mol. The minimum Gasteiger partial charge on any atom is -0.496 e. The van der Waals surface area contributed by atoms with Gasteiger partial charge in [0, 0.05) is 24.8 Å². The molecule has 1 heterocycles. The lowest BCUT2D eigenvalue weighted by Gasteiger charge is -2.33. The second-order valence-corrected chi connectivity index (χ2v) is 10.1. The van der Waals surface area contributed by atoms with Gasteiger partial charge in [-0.15, -0.1) is 0 Å². The van der Waals surface area contributed by atoms with Gasteiger partial charge in [0.1, 0.15) is 11.3 Å². The van der Waals surface area contributed by atoms with Crippen molar-refractivity contribution >= 4 is 17.7 Å². The van der Waals surface area contributed by atoms with Crippen molar-refractivity contribution in [3.63, 3.8) is 0 Å². The molecule has 1 saturated carbocycles. The van der Waals surface area contributed by atoms with Crippen molar-refractivity contribution in [1.82, 2.24) is 4.90 Å². The van der Waals surface area contributed by atoms with Crippen LogP contribution in [0.15, 0.2) is 48.5 Å². The third-order valence-corrected chi connectivity index (χ3v) is 8.06. The van der Waals surface area contributed by atoms with E-state index in [0.717, 1.165) is 43.2 Å². The molecule has 1 amide bonds. The Morgan fingerprint density at radius 3 is 2.31 bits per heavy atom. The SMILES string of the molecule is CCC1CCC(C(=O)N2CC[C@@H](c3ccccc3)[C@H]2C(=O)Cc2ccc(C(=O)OC)c(OC)c2)CC1. The number of carbonyl (C=O) groups is 3. The van der Waals surface area contributed by atoms with Crippen LogP contribution < -0.4 is 4.74 Å². The van der Waals surface area contributed by atoms with Crippen molar-refractivity contribution in [3.05, 3.63) is 65.2 Å². The topological polar surface area (TPSA) is 72.9 Å². The number of esters is 1. The number of likely N-dealkylation sites (tertiary alicyclic amines) is 1. The summed E-state index contributed by atoms with van der Waals surface area (Å²) in [6.07, 6.45) is 6.12. The number of hydrogen-bond acceptors (Lipinski definition) is 5. The number of nitrogens with zero attached hydrogens (tertiary/aromatic N) is 1. The maximum Gasteiger partial charge on any atom is 0.341 e. The third-order valence-electron chi connectivity index (χ3n) is 8.06. The molecular weight excluding hydrogens is 454 g/mol. The highest BCUT2D eigenvalue weighted by Crippen LogP contribution is 2.38. The van der Waals surface area contributed by atoms with Gasteiger partial charge in [-0.3, -0.25) is 9.59 Å². The summed E-state index contributed by atoms with van der Waals surface area (Å²) < 4.78 is 10.2. The molecule has 2 aliphatic rings. The molecule has 4 rings (SSSR count). The molecule has 2 fully saturated rings. The molecule has 6 heteroatoms. The van der Waals surface area contributed by atoms with Gasteiger partial charge in [0.15, 0.2) is 5.78 Å². The van der Waals surface area contributed by atoms with Crippen LogP contribution in [0.1, 0.15) is 72.9 Å². The van der Waals surface area contributed by atoms with E-state index in [1.807, 2.05) is 23.1 Å². The molecule has 192 valence electrons. The van der Waals surface area contributed by atoms with Gasteiger partial charge in [0.25, 0.3) is 0 Å². The molecular formula is C30H37NO5. The summed E-state index contributed by atoms with van der Waals surface area (Å²) in [5.74, 6) is 0.746. The van der Waals surface area contributed by atoms with Gasteiger partial charge in [0.2, 0.25) is 5.91 Å². The standard InChI is InChI=1S/C30H37NO5/c1-4-20-10-13-23(14-11-20)29(33)31-17-16-24(22-8-6-5-7-9-22)28(31)26(32)18-21-12-15-25(30(34)36-3)27(19-21)35-2/h5-9,12,15,19-20,23-24,28H,4,10-11,13-14,16-18H2,1-3H3/t20?,23?,24-,28-/m0/s1. The lowest BCUT2D eigenvalue weighted by molar-refractivity contribution is -0.142. The first-order chi connectivity index (χ1) is 17.5. The number of hydrogen-bond donors (Lipinski definition) is 0. The van der Waals surface area contributed by atoms with Gasteiger partial charge in [-0.1, -0.05) is 49.7 Å². The first-order valence-corrected chi connectivity index (χ1v) is 13.1. The molecule has 1 aliphatic heterocycles. The number of benzene rings is 2. The van der Waals surface area contributed by atoms with Gasteiger partial charge in [-0.2, -0.15) is 0 Å². The largest absolute Gasteiger partial charge is 0.496 e. The van der Waals surface area contributed by atoms with Crippen LogP contribution in [0.4, 0.5) is 0 Å². The zero-order valence-electron chi connectivity index (χ0n) is 21.6. The van der Waals surface area contributed by atoms with Crippen LogP contribution in [0.3, 0.4) is 0 Å². The van der Waals surface area contributed by atoms with Crippen molar-refractivity contribution in [2.75, 3.05) is 20.8 Å². The second kappa shape index (κ2) is 11.7. The van der Waals surface area contributed by atoms with Crippen LogP contribution >= 0.6 is 0 Å².